The minimum atomic E-state index is -4.79. The number of hydrogen-bond donors (Lipinski definition) is 1. The molecule has 0 aliphatic carbocycles. The van der Waals surface area contributed by atoms with Crippen LogP contribution in [0.4, 0.5) is 18.3 Å². The molecule has 0 bridgehead atoms. The lowest BCUT2D eigenvalue weighted by Gasteiger charge is -2.09. The van der Waals surface area contributed by atoms with E-state index in [9.17, 15) is 18.0 Å². The summed E-state index contributed by atoms with van der Waals surface area (Å²) in [5.74, 6) is -0.378. The molecule has 1 N–H and O–H groups in total. The third kappa shape index (κ3) is 4.93. The second kappa shape index (κ2) is 8.07. The van der Waals surface area contributed by atoms with E-state index in [0.717, 1.165) is 17.7 Å². The average molecular weight is 429 g/mol. The lowest BCUT2D eigenvalue weighted by atomic mass is 10.2. The Morgan fingerprint density at radius 1 is 1.18 bits per heavy atom. The topological polar surface area (TPSA) is 60.5 Å². The van der Waals surface area contributed by atoms with Gasteiger partial charge in [0, 0.05) is 16.5 Å². The molecule has 3 aromatic rings. The van der Waals surface area contributed by atoms with Crippen LogP contribution in [-0.4, -0.2) is 24.4 Å². The molecule has 0 spiro atoms. The summed E-state index contributed by atoms with van der Waals surface area (Å²) in [5, 5.41) is 5.11. The molecule has 10 heteroatoms. The van der Waals surface area contributed by atoms with Gasteiger partial charge in [0.2, 0.25) is 0 Å². The normalized spacial score (nSPS) is 11.2. The van der Waals surface area contributed by atoms with E-state index in [4.69, 9.17) is 16.3 Å². The Kier molecular flexibility index (Phi) is 5.76. The summed E-state index contributed by atoms with van der Waals surface area (Å²) < 4.78 is 45.4. The van der Waals surface area contributed by atoms with Crippen LogP contribution in [0, 0.1) is 0 Å². The molecule has 3 rings (SSSR count). The summed E-state index contributed by atoms with van der Waals surface area (Å²) in [6.07, 6.45) is -4.79. The van der Waals surface area contributed by atoms with Crippen LogP contribution in [-0.2, 0) is 0 Å². The van der Waals surface area contributed by atoms with Gasteiger partial charge in [-0.15, -0.1) is 24.5 Å². The predicted molar refractivity (Wildman–Crippen MR) is 100 cm³/mol. The lowest BCUT2D eigenvalue weighted by molar-refractivity contribution is -0.274. The zero-order valence-electron chi connectivity index (χ0n) is 14.2. The molecular weight excluding hydrogens is 417 g/mol. The third-order valence-corrected chi connectivity index (χ3v) is 4.58. The van der Waals surface area contributed by atoms with Crippen LogP contribution in [0.25, 0.3) is 11.3 Å². The van der Waals surface area contributed by atoms with Crippen molar-refractivity contribution in [2.45, 2.75) is 6.36 Å². The molecule has 2 aromatic carbocycles. The van der Waals surface area contributed by atoms with Gasteiger partial charge in [-0.1, -0.05) is 11.6 Å². The fourth-order valence-electron chi connectivity index (χ4n) is 2.27. The van der Waals surface area contributed by atoms with Crippen molar-refractivity contribution in [3.63, 3.8) is 0 Å². The largest absolute Gasteiger partial charge is 0.573 e. The molecule has 0 atom stereocenters. The first-order chi connectivity index (χ1) is 13.2. The average Bonchev–Trinajstić information content (AvgIpc) is 3.09. The van der Waals surface area contributed by atoms with Gasteiger partial charge in [0.15, 0.2) is 5.13 Å². The first-order valence-corrected chi connectivity index (χ1v) is 8.97. The fraction of sp³-hybridized carbons (Fsp3) is 0.111. The van der Waals surface area contributed by atoms with Crippen molar-refractivity contribution in [1.82, 2.24) is 4.98 Å². The van der Waals surface area contributed by atoms with Crippen molar-refractivity contribution in [2.75, 3.05) is 12.4 Å². The van der Waals surface area contributed by atoms with Crippen LogP contribution in [0.3, 0.4) is 0 Å². The van der Waals surface area contributed by atoms with Crippen molar-refractivity contribution < 1.29 is 27.4 Å². The van der Waals surface area contributed by atoms with E-state index >= 15 is 0 Å². The van der Waals surface area contributed by atoms with E-state index in [1.165, 1.54) is 30.6 Å². The highest BCUT2D eigenvalue weighted by molar-refractivity contribution is 7.14. The number of hydrogen-bond acceptors (Lipinski definition) is 5. The minimum absolute atomic E-state index is 0.166. The highest BCUT2D eigenvalue weighted by Gasteiger charge is 2.31. The van der Waals surface area contributed by atoms with E-state index in [0.29, 0.717) is 21.6 Å². The van der Waals surface area contributed by atoms with E-state index in [1.807, 2.05) is 0 Å². The third-order valence-electron chi connectivity index (χ3n) is 3.52. The van der Waals surface area contributed by atoms with Gasteiger partial charge in [0.05, 0.1) is 17.8 Å². The first kappa shape index (κ1) is 20.0. The first-order valence-electron chi connectivity index (χ1n) is 7.72. The predicted octanol–water partition coefficient (Wildman–Crippen LogP) is 5.62. The van der Waals surface area contributed by atoms with Gasteiger partial charge in [-0.05, 0) is 42.5 Å². The van der Waals surface area contributed by atoms with Gasteiger partial charge in [-0.25, -0.2) is 4.98 Å². The highest BCUT2D eigenvalue weighted by atomic mass is 35.5. The number of alkyl halides is 3. The number of methoxy groups -OCH3 is 1. The zero-order chi connectivity index (χ0) is 20.3. The summed E-state index contributed by atoms with van der Waals surface area (Å²) in [5.41, 5.74) is 1.52. The number of benzene rings is 2. The monoisotopic (exact) mass is 428 g/mol. The molecule has 0 saturated heterocycles. The Morgan fingerprint density at radius 2 is 1.89 bits per heavy atom. The Hall–Kier alpha value is -2.78. The summed E-state index contributed by atoms with van der Waals surface area (Å²) in [6.45, 7) is 0. The molecule has 0 aliphatic heterocycles. The van der Waals surface area contributed by atoms with E-state index in [-0.39, 0.29) is 5.56 Å². The fourth-order valence-corrected chi connectivity index (χ4v) is 3.24. The van der Waals surface area contributed by atoms with Gasteiger partial charge in [-0.3, -0.25) is 10.1 Å². The van der Waals surface area contributed by atoms with Crippen molar-refractivity contribution in [1.29, 1.82) is 0 Å². The van der Waals surface area contributed by atoms with E-state index in [2.05, 4.69) is 15.0 Å². The number of carbonyl (C=O) groups is 1. The van der Waals surface area contributed by atoms with Crippen LogP contribution in [0.15, 0.2) is 47.8 Å². The maximum Gasteiger partial charge on any atom is 0.573 e. The highest BCUT2D eigenvalue weighted by Crippen LogP contribution is 2.32. The van der Waals surface area contributed by atoms with Crippen molar-refractivity contribution in [2.24, 2.45) is 0 Å². The number of halogens is 4. The van der Waals surface area contributed by atoms with Crippen LogP contribution in [0.5, 0.6) is 11.5 Å². The lowest BCUT2D eigenvalue weighted by Crippen LogP contribution is -2.17. The van der Waals surface area contributed by atoms with Crippen LogP contribution in [0.2, 0.25) is 5.02 Å². The molecular formula is C18H12ClF3N2O3S. The molecule has 28 heavy (non-hydrogen) atoms. The number of nitrogens with zero attached hydrogens (tertiary/aromatic N) is 1. The number of nitrogens with one attached hydrogen (secondary N) is 1. The molecule has 0 radical (unpaired) electrons. The van der Waals surface area contributed by atoms with Crippen LogP contribution >= 0.6 is 22.9 Å². The number of carbonyl (C=O) groups excluding carboxylic acids is 1. The number of thiazole rings is 1. The summed E-state index contributed by atoms with van der Waals surface area (Å²) in [4.78, 5) is 16.6. The number of amides is 1. The summed E-state index contributed by atoms with van der Waals surface area (Å²) >= 11 is 7.31. The number of rotatable bonds is 5. The molecule has 5 nitrogen and oxygen atoms in total. The Balaban J connectivity index is 1.69. The van der Waals surface area contributed by atoms with E-state index in [1.54, 1.807) is 23.6 Å². The smallest absolute Gasteiger partial charge is 0.495 e. The Bertz CT molecular complexity index is 990. The van der Waals surface area contributed by atoms with Crippen molar-refractivity contribution in [3.05, 3.63) is 58.4 Å². The molecule has 0 saturated carbocycles. The minimum Gasteiger partial charge on any atom is -0.495 e. The van der Waals surface area contributed by atoms with E-state index < -0.39 is 18.0 Å². The van der Waals surface area contributed by atoms with Crippen LogP contribution in [0.1, 0.15) is 10.4 Å². The number of ether oxygens (including phenoxy) is 2. The Morgan fingerprint density at radius 3 is 2.50 bits per heavy atom. The Labute approximate surface area is 166 Å². The second-order valence-electron chi connectivity index (χ2n) is 5.41. The van der Waals surface area contributed by atoms with Crippen LogP contribution < -0.4 is 14.8 Å². The molecule has 1 aromatic heterocycles. The summed E-state index contributed by atoms with van der Waals surface area (Å²) in [7, 11) is 1.51. The van der Waals surface area contributed by atoms with Gasteiger partial charge in [0.25, 0.3) is 5.91 Å². The summed E-state index contributed by atoms with van der Waals surface area (Å²) in [6, 6.07) is 9.78. The maximum atomic E-state index is 12.2. The molecule has 146 valence electrons. The SMILES string of the molecule is COc1ccc(-c2csc(NC(=O)c3ccc(OC(F)(F)F)cc3)n2)cc1Cl. The number of aromatic nitrogens is 1. The maximum absolute atomic E-state index is 12.2. The molecule has 1 heterocycles. The molecule has 0 fully saturated rings. The molecule has 1 amide bonds. The standard InChI is InChI=1S/C18H12ClF3N2O3S/c1-26-15-7-4-11(8-13(15)19)14-9-28-17(23-14)24-16(25)10-2-5-12(6-3-10)27-18(20,21)22/h2-9H,1H3,(H,23,24,25). The zero-order valence-corrected chi connectivity index (χ0v) is 15.8. The molecule has 0 unspecified atom stereocenters. The quantitative estimate of drug-likeness (QED) is 0.572. The molecule has 0 aliphatic rings. The number of anilines is 1. The van der Waals surface area contributed by atoms with Crippen molar-refractivity contribution >= 4 is 34.0 Å². The van der Waals surface area contributed by atoms with Gasteiger partial charge < -0.3 is 9.47 Å². The van der Waals surface area contributed by atoms with Gasteiger partial charge in [-0.2, -0.15) is 0 Å². The van der Waals surface area contributed by atoms with Gasteiger partial charge in [0.1, 0.15) is 11.5 Å². The van der Waals surface area contributed by atoms with Gasteiger partial charge >= 0.3 is 6.36 Å². The second-order valence-corrected chi connectivity index (χ2v) is 6.68. The van der Waals surface area contributed by atoms with Crippen molar-refractivity contribution in [3.8, 4) is 22.8 Å².